The van der Waals surface area contributed by atoms with E-state index >= 15 is 0 Å². The van der Waals surface area contributed by atoms with Crippen molar-refractivity contribution in [1.29, 1.82) is 0 Å². The number of likely N-dealkylation sites (N-methyl/N-ethyl adjacent to an activating group) is 1. The molecule has 0 aromatic heterocycles. The van der Waals surface area contributed by atoms with Crippen molar-refractivity contribution >= 4 is 19.8 Å². The van der Waals surface area contributed by atoms with Gasteiger partial charge in [0, 0.05) is 12.8 Å². The van der Waals surface area contributed by atoms with Gasteiger partial charge in [0.1, 0.15) is 19.8 Å². The quantitative estimate of drug-likeness (QED) is 0.0230. The zero-order valence-corrected chi connectivity index (χ0v) is 31.8. The van der Waals surface area contributed by atoms with Gasteiger partial charge in [-0.1, -0.05) is 129 Å². The fourth-order valence-electron chi connectivity index (χ4n) is 5.17. The van der Waals surface area contributed by atoms with Crippen LogP contribution in [0.5, 0.6) is 0 Å². The Bertz CT molecular complexity index is 817. The van der Waals surface area contributed by atoms with Crippen molar-refractivity contribution in [1.82, 2.24) is 0 Å². The standard InChI is InChI=1S/C37H72NO8P/c1-6-8-10-12-14-16-17-18-19-20-21-22-24-26-28-30-37(40)46-35(34-45-47(41,42)44-32-31-38(3,4)5)33-43-36(39)29-27-25-23-15-13-11-9-7-2/h6,35H,1,7-34H2,2-5H3/p+1/t35-/m1/s1. The Kier molecular flexibility index (Phi) is 30.0. The molecule has 0 aliphatic rings. The number of carbonyl (C=O) groups excluding carboxylic acids is 2. The number of allylic oxidation sites excluding steroid dienone is 1. The second-order valence-electron chi connectivity index (χ2n) is 14.1. The Hall–Kier alpha value is -1.25. The third-order valence-corrected chi connectivity index (χ3v) is 9.18. The van der Waals surface area contributed by atoms with E-state index in [1.807, 2.05) is 27.2 Å². The van der Waals surface area contributed by atoms with Crippen LogP contribution in [-0.2, 0) is 32.7 Å². The first kappa shape index (κ1) is 45.8. The van der Waals surface area contributed by atoms with Crippen molar-refractivity contribution in [2.24, 2.45) is 0 Å². The number of unbranched alkanes of at least 4 members (excludes halogenated alkanes) is 20. The van der Waals surface area contributed by atoms with Gasteiger partial charge in [0.15, 0.2) is 6.10 Å². The minimum atomic E-state index is -4.36. The fraction of sp³-hybridized carbons (Fsp3) is 0.892. The summed E-state index contributed by atoms with van der Waals surface area (Å²) in [5, 5.41) is 0. The average Bonchev–Trinajstić information content (AvgIpc) is 3.01. The van der Waals surface area contributed by atoms with Gasteiger partial charge in [-0.25, -0.2) is 4.57 Å². The molecular formula is C37H73NO8P+. The predicted molar refractivity (Wildman–Crippen MR) is 192 cm³/mol. The zero-order chi connectivity index (χ0) is 35.1. The van der Waals surface area contributed by atoms with Crippen molar-refractivity contribution in [3.05, 3.63) is 12.7 Å². The van der Waals surface area contributed by atoms with Gasteiger partial charge in [0.05, 0.1) is 27.7 Å². The van der Waals surface area contributed by atoms with E-state index in [0.29, 0.717) is 23.9 Å². The maximum absolute atomic E-state index is 12.6. The van der Waals surface area contributed by atoms with Gasteiger partial charge < -0.3 is 18.9 Å². The van der Waals surface area contributed by atoms with Crippen LogP contribution in [0, 0.1) is 0 Å². The summed E-state index contributed by atoms with van der Waals surface area (Å²) < 4.78 is 34.1. The summed E-state index contributed by atoms with van der Waals surface area (Å²) in [7, 11) is 1.48. The largest absolute Gasteiger partial charge is 0.472 e. The highest BCUT2D eigenvalue weighted by Crippen LogP contribution is 2.43. The third kappa shape index (κ3) is 34.4. The number of nitrogens with zero attached hydrogens (tertiary/aromatic N) is 1. The Labute approximate surface area is 288 Å². The summed E-state index contributed by atoms with van der Waals surface area (Å²) >= 11 is 0. The first-order chi connectivity index (χ1) is 22.5. The Morgan fingerprint density at radius 1 is 0.681 bits per heavy atom. The van der Waals surface area contributed by atoms with Crippen molar-refractivity contribution in [3.63, 3.8) is 0 Å². The summed E-state index contributed by atoms with van der Waals surface area (Å²) in [5.74, 6) is -0.802. The lowest BCUT2D eigenvalue weighted by molar-refractivity contribution is -0.870. The van der Waals surface area contributed by atoms with Crippen molar-refractivity contribution < 1.29 is 42.1 Å². The number of rotatable bonds is 35. The molecule has 0 radical (unpaired) electrons. The van der Waals surface area contributed by atoms with Crippen LogP contribution in [0.25, 0.3) is 0 Å². The number of phosphoric acid groups is 1. The molecule has 0 rings (SSSR count). The van der Waals surface area contributed by atoms with Crippen LogP contribution in [0.15, 0.2) is 12.7 Å². The monoisotopic (exact) mass is 691 g/mol. The number of hydrogen-bond acceptors (Lipinski definition) is 7. The molecule has 0 spiro atoms. The molecular weight excluding hydrogens is 617 g/mol. The summed E-state index contributed by atoms with van der Waals surface area (Å²) in [5.41, 5.74) is 0. The highest BCUT2D eigenvalue weighted by molar-refractivity contribution is 7.47. The van der Waals surface area contributed by atoms with E-state index in [4.69, 9.17) is 18.5 Å². The minimum absolute atomic E-state index is 0.0338. The SMILES string of the molecule is C=CCCCCCCCCCCCCCCCC(=O)O[C@H](COC(=O)CCCCCCCCCC)COP(=O)(O)OCC[N+](C)(C)C. The molecule has 0 bridgehead atoms. The number of hydrogen-bond donors (Lipinski definition) is 1. The fourth-order valence-corrected chi connectivity index (χ4v) is 5.91. The Morgan fingerprint density at radius 2 is 1.13 bits per heavy atom. The smallest absolute Gasteiger partial charge is 0.462 e. The van der Waals surface area contributed by atoms with Crippen LogP contribution in [0.3, 0.4) is 0 Å². The average molecular weight is 691 g/mol. The molecule has 0 saturated heterocycles. The van der Waals surface area contributed by atoms with Crippen molar-refractivity contribution in [2.45, 2.75) is 167 Å². The van der Waals surface area contributed by atoms with Gasteiger partial charge in [0.25, 0.3) is 0 Å². The van der Waals surface area contributed by atoms with Gasteiger partial charge >= 0.3 is 19.8 Å². The Balaban J connectivity index is 4.37. The minimum Gasteiger partial charge on any atom is -0.462 e. The van der Waals surface area contributed by atoms with Crippen LogP contribution in [0.4, 0.5) is 0 Å². The molecule has 0 heterocycles. The second kappa shape index (κ2) is 30.8. The number of quaternary nitrogens is 1. The topological polar surface area (TPSA) is 108 Å². The number of ether oxygens (including phenoxy) is 2. The lowest BCUT2D eigenvalue weighted by Gasteiger charge is -2.24. The molecule has 9 nitrogen and oxygen atoms in total. The summed E-state index contributed by atoms with van der Waals surface area (Å²) in [6.45, 7) is 5.90. The summed E-state index contributed by atoms with van der Waals surface area (Å²) in [4.78, 5) is 35.0. The lowest BCUT2D eigenvalue weighted by atomic mass is 10.0. The number of phosphoric ester groups is 1. The maximum atomic E-state index is 12.6. The van der Waals surface area contributed by atoms with Crippen LogP contribution >= 0.6 is 7.82 Å². The van der Waals surface area contributed by atoms with Gasteiger partial charge in [-0.05, 0) is 25.7 Å². The summed E-state index contributed by atoms with van der Waals surface area (Å²) in [6, 6.07) is 0. The zero-order valence-electron chi connectivity index (χ0n) is 30.9. The van der Waals surface area contributed by atoms with Crippen LogP contribution in [-0.4, -0.2) is 74.9 Å². The van der Waals surface area contributed by atoms with E-state index in [2.05, 4.69) is 13.5 Å². The molecule has 0 aromatic carbocycles. The highest BCUT2D eigenvalue weighted by atomic mass is 31.2. The van der Waals surface area contributed by atoms with Gasteiger partial charge in [0.2, 0.25) is 0 Å². The molecule has 278 valence electrons. The highest BCUT2D eigenvalue weighted by Gasteiger charge is 2.27. The van der Waals surface area contributed by atoms with Gasteiger partial charge in [-0.3, -0.25) is 18.6 Å². The maximum Gasteiger partial charge on any atom is 0.472 e. The lowest BCUT2D eigenvalue weighted by Crippen LogP contribution is -2.37. The number of esters is 2. The molecule has 2 atom stereocenters. The first-order valence-electron chi connectivity index (χ1n) is 18.9. The van der Waals surface area contributed by atoms with Crippen LogP contribution in [0.2, 0.25) is 0 Å². The van der Waals surface area contributed by atoms with E-state index in [9.17, 15) is 19.0 Å². The number of carbonyl (C=O) groups is 2. The van der Waals surface area contributed by atoms with Crippen molar-refractivity contribution in [3.8, 4) is 0 Å². The van der Waals surface area contributed by atoms with Gasteiger partial charge in [-0.15, -0.1) is 6.58 Å². The molecule has 0 aliphatic carbocycles. The predicted octanol–water partition coefficient (Wildman–Crippen LogP) is 9.85. The molecule has 0 saturated carbocycles. The van der Waals surface area contributed by atoms with E-state index in [-0.39, 0.29) is 25.6 Å². The molecule has 0 fully saturated rings. The van der Waals surface area contributed by atoms with E-state index in [0.717, 1.165) is 38.5 Å². The van der Waals surface area contributed by atoms with Gasteiger partial charge in [-0.2, -0.15) is 0 Å². The molecule has 0 aliphatic heterocycles. The Morgan fingerprint density at radius 3 is 1.60 bits per heavy atom. The van der Waals surface area contributed by atoms with E-state index in [1.165, 1.54) is 96.3 Å². The normalized spacial score (nSPS) is 13.6. The van der Waals surface area contributed by atoms with Crippen LogP contribution in [0.1, 0.15) is 161 Å². The molecule has 0 amide bonds. The molecule has 10 heteroatoms. The van der Waals surface area contributed by atoms with E-state index < -0.39 is 26.5 Å². The molecule has 47 heavy (non-hydrogen) atoms. The first-order valence-corrected chi connectivity index (χ1v) is 20.4. The molecule has 1 N–H and O–H groups in total. The van der Waals surface area contributed by atoms with Crippen LogP contribution < -0.4 is 0 Å². The van der Waals surface area contributed by atoms with Crippen molar-refractivity contribution in [2.75, 3.05) is 47.5 Å². The molecule has 0 aromatic rings. The molecule has 1 unspecified atom stereocenters. The second-order valence-corrected chi connectivity index (χ2v) is 15.5. The summed E-state index contributed by atoms with van der Waals surface area (Å²) in [6.07, 6.45) is 27.3. The third-order valence-electron chi connectivity index (χ3n) is 8.19. The van der Waals surface area contributed by atoms with E-state index in [1.54, 1.807) is 0 Å².